The van der Waals surface area contributed by atoms with Crippen LogP contribution in [0.25, 0.3) is 0 Å². The van der Waals surface area contributed by atoms with Gasteiger partial charge in [-0.1, -0.05) is 12.1 Å². The quantitative estimate of drug-likeness (QED) is 0.674. The Morgan fingerprint density at radius 2 is 1.85 bits per heavy atom. The van der Waals surface area contributed by atoms with Crippen LogP contribution in [0.3, 0.4) is 0 Å². The minimum absolute atomic E-state index is 0.277. The molecule has 1 aromatic carbocycles. The van der Waals surface area contributed by atoms with Gasteiger partial charge in [0.2, 0.25) is 5.88 Å². The van der Waals surface area contributed by atoms with Gasteiger partial charge in [-0.15, -0.1) is 0 Å². The highest BCUT2D eigenvalue weighted by atomic mass is 19.4. The molecular weight excluding hydrogens is 347 g/mol. The van der Waals surface area contributed by atoms with Crippen molar-refractivity contribution in [3.8, 4) is 11.6 Å². The van der Waals surface area contributed by atoms with Crippen LogP contribution in [-0.2, 0) is 10.2 Å². The van der Waals surface area contributed by atoms with Gasteiger partial charge in [0.1, 0.15) is 5.75 Å². The summed E-state index contributed by atoms with van der Waals surface area (Å²) in [5.41, 5.74) is 0.209. The summed E-state index contributed by atoms with van der Waals surface area (Å²) in [5, 5.41) is 0. The Kier molecular flexibility index (Phi) is 4.89. The van der Waals surface area contributed by atoms with Crippen molar-refractivity contribution in [2.75, 3.05) is 6.61 Å². The lowest BCUT2D eigenvalue weighted by molar-refractivity contribution is -0.141. The molecule has 0 aliphatic heterocycles. The molecule has 1 heterocycles. The number of ether oxygens (including phenoxy) is 2. The fourth-order valence-electron chi connectivity index (χ4n) is 2.88. The number of hydrogen-bond donors (Lipinski definition) is 0. The summed E-state index contributed by atoms with van der Waals surface area (Å²) in [5.74, 6) is 0.283. The molecule has 0 N–H and O–H groups in total. The van der Waals surface area contributed by atoms with E-state index in [0.717, 1.165) is 0 Å². The number of esters is 1. The number of aromatic nitrogens is 1. The Balaban J connectivity index is 1.65. The number of carbonyl (C=O) groups is 1. The van der Waals surface area contributed by atoms with Crippen molar-refractivity contribution in [1.82, 2.24) is 4.98 Å². The third-order valence-electron chi connectivity index (χ3n) is 4.33. The van der Waals surface area contributed by atoms with Crippen LogP contribution in [-0.4, -0.2) is 23.7 Å². The van der Waals surface area contributed by atoms with Gasteiger partial charge in [0.25, 0.3) is 0 Å². The van der Waals surface area contributed by atoms with Crippen LogP contribution in [0.1, 0.15) is 42.1 Å². The largest absolute Gasteiger partial charge is 0.462 e. The van der Waals surface area contributed by atoms with Crippen LogP contribution >= 0.6 is 0 Å². The van der Waals surface area contributed by atoms with Crippen molar-refractivity contribution in [2.45, 2.75) is 37.8 Å². The van der Waals surface area contributed by atoms with Gasteiger partial charge in [-0.05, 0) is 43.5 Å². The first-order valence-electron chi connectivity index (χ1n) is 8.30. The molecule has 4 nitrogen and oxygen atoms in total. The summed E-state index contributed by atoms with van der Waals surface area (Å²) >= 11 is 0. The molecule has 0 amide bonds. The lowest BCUT2D eigenvalue weighted by atomic mass is 9.92. The molecule has 0 saturated heterocycles. The predicted molar refractivity (Wildman–Crippen MR) is 88.3 cm³/mol. The Hall–Kier alpha value is -2.57. The van der Waals surface area contributed by atoms with Gasteiger partial charge in [0, 0.05) is 17.7 Å². The molecule has 7 heteroatoms. The maximum absolute atomic E-state index is 12.7. The van der Waals surface area contributed by atoms with Crippen LogP contribution in [0.2, 0.25) is 0 Å². The molecule has 1 aliphatic rings. The highest BCUT2D eigenvalue weighted by Crippen LogP contribution is 2.54. The smallest absolute Gasteiger partial charge is 0.389 e. The topological polar surface area (TPSA) is 48.4 Å². The van der Waals surface area contributed by atoms with Crippen molar-refractivity contribution >= 4 is 5.97 Å². The number of rotatable bonds is 6. The summed E-state index contributed by atoms with van der Waals surface area (Å²) in [6.45, 7) is 1.99. The Morgan fingerprint density at radius 3 is 2.35 bits per heavy atom. The van der Waals surface area contributed by atoms with E-state index in [0.29, 0.717) is 29.7 Å². The van der Waals surface area contributed by atoms with Crippen molar-refractivity contribution in [2.24, 2.45) is 0 Å². The lowest BCUT2D eigenvalue weighted by Gasteiger charge is -2.18. The van der Waals surface area contributed by atoms with E-state index >= 15 is 0 Å². The fraction of sp³-hybridized carbons (Fsp3) is 0.368. The zero-order valence-corrected chi connectivity index (χ0v) is 14.2. The maximum atomic E-state index is 12.7. The number of hydrogen-bond acceptors (Lipinski definition) is 4. The zero-order chi connectivity index (χ0) is 18.8. The number of alkyl halides is 3. The lowest BCUT2D eigenvalue weighted by Crippen LogP contribution is -2.19. The molecule has 1 aromatic heterocycles. The van der Waals surface area contributed by atoms with Crippen molar-refractivity contribution in [3.05, 3.63) is 53.7 Å². The van der Waals surface area contributed by atoms with E-state index in [1.807, 2.05) is 0 Å². The summed E-state index contributed by atoms with van der Waals surface area (Å²) in [4.78, 5) is 15.6. The van der Waals surface area contributed by atoms with E-state index < -0.39 is 24.0 Å². The van der Waals surface area contributed by atoms with Gasteiger partial charge < -0.3 is 9.47 Å². The molecule has 1 saturated carbocycles. The highest BCUT2D eigenvalue weighted by molar-refractivity contribution is 5.89. The maximum Gasteiger partial charge on any atom is 0.389 e. The first-order valence-corrected chi connectivity index (χ1v) is 8.30. The van der Waals surface area contributed by atoms with E-state index in [2.05, 4.69) is 4.98 Å². The Labute approximate surface area is 149 Å². The molecule has 0 bridgehead atoms. The van der Waals surface area contributed by atoms with E-state index in [-0.39, 0.29) is 12.5 Å². The normalized spacial score (nSPS) is 15.4. The summed E-state index contributed by atoms with van der Waals surface area (Å²) < 4.78 is 48.6. The van der Waals surface area contributed by atoms with Gasteiger partial charge >= 0.3 is 12.1 Å². The molecule has 2 aromatic rings. The average molecular weight is 365 g/mol. The van der Waals surface area contributed by atoms with Crippen molar-refractivity contribution in [3.63, 3.8) is 0 Å². The zero-order valence-electron chi connectivity index (χ0n) is 14.2. The molecule has 1 fully saturated rings. The number of benzene rings is 1. The van der Waals surface area contributed by atoms with Crippen molar-refractivity contribution in [1.29, 1.82) is 0 Å². The number of pyridine rings is 1. The minimum atomic E-state index is -4.17. The predicted octanol–water partition coefficient (Wildman–Crippen LogP) is 5.03. The molecule has 0 spiro atoms. The molecule has 3 rings (SSSR count). The van der Waals surface area contributed by atoms with Gasteiger partial charge in [-0.25, -0.2) is 9.78 Å². The first-order chi connectivity index (χ1) is 12.3. The molecular formula is C19H18F3NO3. The van der Waals surface area contributed by atoms with Crippen LogP contribution in [0.15, 0.2) is 42.6 Å². The minimum Gasteiger partial charge on any atom is -0.462 e. The monoisotopic (exact) mass is 365 g/mol. The van der Waals surface area contributed by atoms with E-state index in [1.54, 1.807) is 31.2 Å². The first kappa shape index (κ1) is 18.2. The van der Waals surface area contributed by atoms with Gasteiger partial charge in [-0.2, -0.15) is 13.2 Å². The summed E-state index contributed by atoms with van der Waals surface area (Å²) in [7, 11) is 0. The second kappa shape index (κ2) is 6.97. The molecule has 0 unspecified atom stereocenters. The highest BCUT2D eigenvalue weighted by Gasteiger charge is 2.51. The van der Waals surface area contributed by atoms with Gasteiger partial charge in [0.05, 0.1) is 18.6 Å². The third kappa shape index (κ3) is 4.33. The fourth-order valence-corrected chi connectivity index (χ4v) is 2.88. The standard InChI is InChI=1S/C19H18F3NO3/c1-2-25-17(24)13-3-8-16(23-11-13)26-15-6-4-14(5-7-15)18(9-10-18)12-19(20,21)22/h3-8,11H,2,9-10,12H2,1H3. The summed E-state index contributed by atoms with van der Waals surface area (Å²) in [6, 6.07) is 9.67. The molecule has 0 radical (unpaired) electrons. The van der Waals surface area contributed by atoms with Crippen LogP contribution < -0.4 is 4.74 Å². The SMILES string of the molecule is CCOC(=O)c1ccc(Oc2ccc(C3(CC(F)(F)F)CC3)cc2)nc1. The second-order valence-corrected chi connectivity index (χ2v) is 6.30. The number of halogens is 3. The van der Waals surface area contributed by atoms with E-state index in [4.69, 9.17) is 9.47 Å². The molecule has 138 valence electrons. The van der Waals surface area contributed by atoms with Gasteiger partial charge in [0.15, 0.2) is 0 Å². The van der Waals surface area contributed by atoms with Crippen molar-refractivity contribution < 1.29 is 27.4 Å². The van der Waals surface area contributed by atoms with Crippen LogP contribution in [0.4, 0.5) is 13.2 Å². The third-order valence-corrected chi connectivity index (χ3v) is 4.33. The average Bonchev–Trinajstić information content (AvgIpc) is 3.35. The second-order valence-electron chi connectivity index (χ2n) is 6.30. The molecule has 0 atom stereocenters. The molecule has 26 heavy (non-hydrogen) atoms. The Bertz CT molecular complexity index is 766. The van der Waals surface area contributed by atoms with E-state index in [9.17, 15) is 18.0 Å². The number of carbonyl (C=O) groups excluding carboxylic acids is 1. The molecule has 1 aliphatic carbocycles. The summed E-state index contributed by atoms with van der Waals surface area (Å²) in [6.07, 6.45) is -2.52. The Morgan fingerprint density at radius 1 is 1.15 bits per heavy atom. The number of nitrogens with zero attached hydrogens (tertiary/aromatic N) is 1. The van der Waals surface area contributed by atoms with Crippen LogP contribution in [0.5, 0.6) is 11.6 Å². The van der Waals surface area contributed by atoms with Crippen LogP contribution in [0, 0.1) is 0 Å². The van der Waals surface area contributed by atoms with E-state index in [1.165, 1.54) is 18.3 Å². The van der Waals surface area contributed by atoms with Gasteiger partial charge in [-0.3, -0.25) is 0 Å².